The lowest BCUT2D eigenvalue weighted by atomic mass is 10.1. The number of thiophene rings is 1. The van der Waals surface area contributed by atoms with Gasteiger partial charge in [0.05, 0.1) is 23.6 Å². The Kier molecular flexibility index (Phi) is 5.92. The van der Waals surface area contributed by atoms with Crippen molar-refractivity contribution in [1.29, 1.82) is 0 Å². The lowest BCUT2D eigenvalue weighted by Gasteiger charge is -2.23. The van der Waals surface area contributed by atoms with Gasteiger partial charge in [0.25, 0.3) is 0 Å². The molecule has 3 rings (SSSR count). The zero-order valence-electron chi connectivity index (χ0n) is 14.8. The number of fused-ring (bicyclic) bond motifs is 1. The standard InChI is InChI=1S/C18H17BrN2O4S2/c1-8-9(2)26-17(15(8)18(24)25-3)21-14(22)7-13-16(23)20-11-6-10(19)4-5-12(11)27-13/h4-6,13H,7H2,1-3H3,(H,20,23)(H,21,22). The van der Waals surface area contributed by atoms with E-state index < -0.39 is 11.2 Å². The molecule has 9 heteroatoms. The van der Waals surface area contributed by atoms with Crippen LogP contribution in [0.1, 0.15) is 27.2 Å². The van der Waals surface area contributed by atoms with Gasteiger partial charge in [0.1, 0.15) is 5.00 Å². The Morgan fingerprint density at radius 1 is 1.33 bits per heavy atom. The van der Waals surface area contributed by atoms with Crippen molar-refractivity contribution in [3.8, 4) is 0 Å². The molecule has 2 aromatic rings. The van der Waals surface area contributed by atoms with Gasteiger partial charge in [0.2, 0.25) is 11.8 Å². The van der Waals surface area contributed by atoms with Gasteiger partial charge in [-0.2, -0.15) is 0 Å². The summed E-state index contributed by atoms with van der Waals surface area (Å²) in [6.07, 6.45) is 0.00259. The number of aryl methyl sites for hydroxylation is 1. The topological polar surface area (TPSA) is 84.5 Å². The van der Waals surface area contributed by atoms with Crippen LogP contribution in [0.25, 0.3) is 0 Å². The number of ether oxygens (including phenoxy) is 1. The van der Waals surface area contributed by atoms with E-state index >= 15 is 0 Å². The number of hydrogen-bond donors (Lipinski definition) is 2. The molecule has 1 aromatic heterocycles. The quantitative estimate of drug-likeness (QED) is 0.651. The number of amides is 2. The van der Waals surface area contributed by atoms with Gasteiger partial charge in [-0.1, -0.05) is 15.9 Å². The largest absolute Gasteiger partial charge is 0.465 e. The Labute approximate surface area is 173 Å². The summed E-state index contributed by atoms with van der Waals surface area (Å²) in [6, 6.07) is 5.62. The zero-order valence-corrected chi connectivity index (χ0v) is 18.1. The highest BCUT2D eigenvalue weighted by molar-refractivity contribution is 9.10. The molecule has 1 unspecified atom stereocenters. The summed E-state index contributed by atoms with van der Waals surface area (Å²) in [5.74, 6) is -1.03. The smallest absolute Gasteiger partial charge is 0.341 e. The van der Waals surface area contributed by atoms with Crippen LogP contribution in [0.2, 0.25) is 0 Å². The van der Waals surface area contributed by atoms with Crippen LogP contribution < -0.4 is 10.6 Å². The van der Waals surface area contributed by atoms with Crippen LogP contribution in [0.4, 0.5) is 10.7 Å². The maximum Gasteiger partial charge on any atom is 0.341 e. The molecule has 1 aliphatic rings. The molecule has 142 valence electrons. The lowest BCUT2D eigenvalue weighted by Crippen LogP contribution is -2.32. The van der Waals surface area contributed by atoms with Gasteiger partial charge in [0.15, 0.2) is 0 Å². The van der Waals surface area contributed by atoms with Crippen LogP contribution in [-0.4, -0.2) is 30.1 Å². The van der Waals surface area contributed by atoms with Crippen molar-refractivity contribution in [2.75, 3.05) is 17.7 Å². The second-order valence-electron chi connectivity index (χ2n) is 5.97. The molecule has 0 aliphatic carbocycles. The molecule has 2 N–H and O–H groups in total. The third kappa shape index (κ3) is 4.20. The number of nitrogens with one attached hydrogen (secondary N) is 2. The van der Waals surface area contributed by atoms with Gasteiger partial charge in [0, 0.05) is 20.7 Å². The van der Waals surface area contributed by atoms with Crippen LogP contribution in [0.5, 0.6) is 0 Å². The summed E-state index contributed by atoms with van der Waals surface area (Å²) in [4.78, 5) is 38.7. The van der Waals surface area contributed by atoms with Crippen LogP contribution in [0.15, 0.2) is 27.6 Å². The van der Waals surface area contributed by atoms with Crippen molar-refractivity contribution in [2.24, 2.45) is 0 Å². The molecule has 0 fully saturated rings. The van der Waals surface area contributed by atoms with Gasteiger partial charge < -0.3 is 15.4 Å². The van der Waals surface area contributed by atoms with Crippen molar-refractivity contribution in [3.63, 3.8) is 0 Å². The first kappa shape index (κ1) is 19.9. The van der Waals surface area contributed by atoms with Gasteiger partial charge in [-0.25, -0.2) is 4.79 Å². The van der Waals surface area contributed by atoms with Crippen molar-refractivity contribution in [2.45, 2.75) is 30.4 Å². The van der Waals surface area contributed by atoms with Crippen molar-refractivity contribution in [1.82, 2.24) is 0 Å². The molecular weight excluding hydrogens is 452 g/mol. The molecule has 0 saturated carbocycles. The highest BCUT2D eigenvalue weighted by Crippen LogP contribution is 2.39. The van der Waals surface area contributed by atoms with Crippen molar-refractivity contribution in [3.05, 3.63) is 38.7 Å². The average molecular weight is 469 g/mol. The maximum absolute atomic E-state index is 12.5. The van der Waals surface area contributed by atoms with E-state index in [2.05, 4.69) is 26.6 Å². The summed E-state index contributed by atoms with van der Waals surface area (Å²) in [7, 11) is 1.30. The number of carbonyl (C=O) groups is 3. The maximum atomic E-state index is 12.5. The van der Waals surface area contributed by atoms with Crippen LogP contribution in [0.3, 0.4) is 0 Å². The highest BCUT2D eigenvalue weighted by atomic mass is 79.9. The molecule has 2 amide bonds. The van der Waals surface area contributed by atoms with E-state index in [1.807, 2.05) is 32.0 Å². The fraction of sp³-hybridized carbons (Fsp3) is 0.278. The Bertz CT molecular complexity index is 942. The predicted octanol–water partition coefficient (Wildman–Crippen LogP) is 4.36. The van der Waals surface area contributed by atoms with E-state index in [4.69, 9.17) is 4.74 Å². The number of halogens is 1. The zero-order chi connectivity index (χ0) is 19.7. The number of rotatable bonds is 4. The third-order valence-electron chi connectivity index (χ3n) is 4.16. The second kappa shape index (κ2) is 8.04. The van der Waals surface area contributed by atoms with E-state index in [1.165, 1.54) is 30.2 Å². The Hall–Kier alpha value is -1.84. The molecule has 27 heavy (non-hydrogen) atoms. The van der Waals surface area contributed by atoms with Crippen LogP contribution in [-0.2, 0) is 14.3 Å². The first-order valence-electron chi connectivity index (χ1n) is 8.05. The number of anilines is 2. The number of esters is 1. The van der Waals surface area contributed by atoms with Crippen LogP contribution >= 0.6 is 39.0 Å². The first-order chi connectivity index (χ1) is 12.8. The van der Waals surface area contributed by atoms with E-state index in [1.54, 1.807) is 0 Å². The number of thioether (sulfide) groups is 1. The van der Waals surface area contributed by atoms with E-state index in [9.17, 15) is 14.4 Å². The van der Waals surface area contributed by atoms with Gasteiger partial charge in [-0.15, -0.1) is 23.1 Å². The molecule has 1 aliphatic heterocycles. The van der Waals surface area contributed by atoms with Crippen molar-refractivity contribution < 1.29 is 19.1 Å². The molecule has 0 saturated heterocycles. The molecule has 0 radical (unpaired) electrons. The number of methoxy groups -OCH3 is 1. The summed E-state index contributed by atoms with van der Waals surface area (Å²) < 4.78 is 5.69. The van der Waals surface area contributed by atoms with Gasteiger partial charge in [-0.05, 0) is 37.6 Å². The summed E-state index contributed by atoms with van der Waals surface area (Å²) in [6.45, 7) is 3.69. The Balaban J connectivity index is 1.73. The molecule has 1 aromatic carbocycles. The average Bonchev–Trinajstić information content (AvgIpc) is 2.88. The van der Waals surface area contributed by atoms with Gasteiger partial charge in [-0.3, -0.25) is 9.59 Å². The first-order valence-corrected chi connectivity index (χ1v) is 10.5. The number of carbonyl (C=O) groups excluding carboxylic acids is 3. The molecule has 1 atom stereocenters. The monoisotopic (exact) mass is 468 g/mol. The minimum Gasteiger partial charge on any atom is -0.465 e. The fourth-order valence-electron chi connectivity index (χ4n) is 2.67. The molecular formula is C18H17BrN2O4S2. The molecule has 0 bridgehead atoms. The summed E-state index contributed by atoms with van der Waals surface area (Å²) >= 11 is 6.05. The molecule has 2 heterocycles. The SMILES string of the molecule is COC(=O)c1c(NC(=O)CC2Sc3ccc(Br)cc3NC2=O)sc(C)c1C. The fourth-order valence-corrected chi connectivity index (χ4v) is 5.18. The second-order valence-corrected chi connectivity index (χ2v) is 9.35. The van der Waals surface area contributed by atoms with Gasteiger partial charge >= 0.3 is 5.97 Å². The van der Waals surface area contributed by atoms with Crippen molar-refractivity contribution >= 4 is 67.5 Å². The normalized spacial score (nSPS) is 15.7. The number of hydrogen-bond acceptors (Lipinski definition) is 6. The summed E-state index contributed by atoms with van der Waals surface area (Å²) in [5.41, 5.74) is 1.88. The molecule has 6 nitrogen and oxygen atoms in total. The summed E-state index contributed by atoms with van der Waals surface area (Å²) in [5, 5.41) is 5.51. The van der Waals surface area contributed by atoms with Crippen LogP contribution in [0, 0.1) is 13.8 Å². The van der Waals surface area contributed by atoms with E-state index in [-0.39, 0.29) is 18.2 Å². The Morgan fingerprint density at radius 3 is 2.78 bits per heavy atom. The minimum absolute atomic E-state index is 0.00259. The molecule has 0 spiro atoms. The van der Waals surface area contributed by atoms with E-state index in [0.717, 1.165) is 25.5 Å². The predicted molar refractivity (Wildman–Crippen MR) is 111 cm³/mol. The lowest BCUT2D eigenvalue weighted by molar-refractivity contribution is -0.120. The third-order valence-corrected chi connectivity index (χ3v) is 7.05. The number of benzene rings is 1. The highest BCUT2D eigenvalue weighted by Gasteiger charge is 2.30. The Morgan fingerprint density at radius 2 is 2.07 bits per heavy atom. The van der Waals surface area contributed by atoms with E-state index in [0.29, 0.717) is 10.6 Å². The minimum atomic E-state index is -0.539.